The average Bonchev–Trinajstić information content (AvgIpc) is 3.00. The number of hydrogen-bond donors (Lipinski definition) is 0. The summed E-state index contributed by atoms with van der Waals surface area (Å²) in [5.41, 5.74) is 3.13. The van der Waals surface area contributed by atoms with E-state index in [0.717, 1.165) is 5.56 Å². The van der Waals surface area contributed by atoms with Crippen molar-refractivity contribution in [3.8, 4) is 0 Å². The van der Waals surface area contributed by atoms with Gasteiger partial charge in [-0.1, -0.05) is 96.0 Å². The number of halogens is 2. The van der Waals surface area contributed by atoms with Gasteiger partial charge in [-0.3, -0.25) is 9.69 Å². The molecule has 0 N–H and O–H groups in total. The molecule has 4 aromatic rings. The molecule has 5 rings (SSSR count). The van der Waals surface area contributed by atoms with Crippen molar-refractivity contribution < 1.29 is 13.2 Å². The standard InChI is InChI=1S/C32H31Cl2N3O3S/c33-28-13-11-25(12-14-28)23-37(41(39,40)30-17-15-29(34)16-18-30)24-31(38)35-19-21-36(22-20-35)32(26-7-3-1-4-8-26)27-9-5-2-6-10-27/h1-18,32H,19-24H2. The summed E-state index contributed by atoms with van der Waals surface area (Å²) in [5.74, 6) is -0.230. The summed E-state index contributed by atoms with van der Waals surface area (Å²) in [4.78, 5) is 17.8. The number of piperazine rings is 1. The maximum absolute atomic E-state index is 13.7. The monoisotopic (exact) mass is 607 g/mol. The molecule has 1 amide bonds. The fourth-order valence-electron chi connectivity index (χ4n) is 5.14. The lowest BCUT2D eigenvalue weighted by Crippen LogP contribution is -2.52. The van der Waals surface area contributed by atoms with Gasteiger partial charge in [-0.05, 0) is 53.1 Å². The molecule has 0 unspecified atom stereocenters. The van der Waals surface area contributed by atoms with Crippen molar-refractivity contribution >= 4 is 39.1 Å². The summed E-state index contributed by atoms with van der Waals surface area (Å²) in [5, 5.41) is 0.991. The van der Waals surface area contributed by atoms with Crippen molar-refractivity contribution in [2.75, 3.05) is 32.7 Å². The zero-order valence-electron chi connectivity index (χ0n) is 22.4. The molecule has 6 nitrogen and oxygen atoms in total. The van der Waals surface area contributed by atoms with Gasteiger partial charge in [0.15, 0.2) is 0 Å². The lowest BCUT2D eigenvalue weighted by atomic mass is 9.96. The summed E-state index contributed by atoms with van der Waals surface area (Å²) in [6.45, 7) is 2.12. The zero-order valence-corrected chi connectivity index (χ0v) is 24.8. The Hall–Kier alpha value is -3.20. The molecule has 0 bridgehead atoms. The second kappa shape index (κ2) is 13.2. The molecule has 0 atom stereocenters. The molecule has 9 heteroatoms. The van der Waals surface area contributed by atoms with Crippen molar-refractivity contribution in [2.24, 2.45) is 0 Å². The van der Waals surface area contributed by atoms with Gasteiger partial charge in [0.05, 0.1) is 17.5 Å². The molecular weight excluding hydrogens is 577 g/mol. The van der Waals surface area contributed by atoms with E-state index in [4.69, 9.17) is 23.2 Å². The van der Waals surface area contributed by atoms with E-state index in [1.807, 2.05) is 36.4 Å². The molecule has 0 radical (unpaired) electrons. The van der Waals surface area contributed by atoms with Crippen LogP contribution in [0.15, 0.2) is 114 Å². The van der Waals surface area contributed by atoms with E-state index >= 15 is 0 Å². The Labute approximate surface area is 251 Å². The Morgan fingerprint density at radius 3 is 1.71 bits per heavy atom. The van der Waals surface area contributed by atoms with Crippen LogP contribution in [0.2, 0.25) is 10.0 Å². The third-order valence-corrected chi connectivity index (χ3v) is 9.61. The van der Waals surface area contributed by atoms with Gasteiger partial charge in [0.25, 0.3) is 0 Å². The minimum Gasteiger partial charge on any atom is -0.339 e. The van der Waals surface area contributed by atoms with Gasteiger partial charge in [0.1, 0.15) is 0 Å². The predicted octanol–water partition coefficient (Wildman–Crippen LogP) is 6.12. The fraction of sp³-hybridized carbons (Fsp3) is 0.219. The fourth-order valence-corrected chi connectivity index (χ4v) is 6.77. The van der Waals surface area contributed by atoms with Crippen molar-refractivity contribution in [3.63, 3.8) is 0 Å². The second-order valence-corrected chi connectivity index (χ2v) is 12.8. The number of amides is 1. The topological polar surface area (TPSA) is 60.9 Å². The van der Waals surface area contributed by atoms with E-state index in [1.54, 1.807) is 29.2 Å². The van der Waals surface area contributed by atoms with Gasteiger partial charge in [-0.15, -0.1) is 0 Å². The number of carbonyl (C=O) groups excluding carboxylic acids is 1. The highest BCUT2D eigenvalue weighted by molar-refractivity contribution is 7.89. The molecule has 0 aliphatic carbocycles. The summed E-state index contributed by atoms with van der Waals surface area (Å²) < 4.78 is 28.6. The van der Waals surface area contributed by atoms with Crippen LogP contribution in [0.3, 0.4) is 0 Å². The summed E-state index contributed by atoms with van der Waals surface area (Å²) in [6.07, 6.45) is 0. The SMILES string of the molecule is O=C(CN(Cc1ccc(Cl)cc1)S(=O)(=O)c1ccc(Cl)cc1)N1CCN(C(c2ccccc2)c2ccccc2)CC1. The Kier molecular flexibility index (Phi) is 9.42. The van der Waals surface area contributed by atoms with Gasteiger partial charge in [-0.2, -0.15) is 4.31 Å². The smallest absolute Gasteiger partial charge is 0.243 e. The van der Waals surface area contributed by atoms with Gasteiger partial charge < -0.3 is 4.90 Å². The molecule has 0 spiro atoms. The Balaban J connectivity index is 1.32. The van der Waals surface area contributed by atoms with Crippen LogP contribution in [0.25, 0.3) is 0 Å². The van der Waals surface area contributed by atoms with Gasteiger partial charge in [0.2, 0.25) is 15.9 Å². The van der Waals surface area contributed by atoms with Crippen LogP contribution < -0.4 is 0 Å². The Morgan fingerprint density at radius 1 is 0.707 bits per heavy atom. The van der Waals surface area contributed by atoms with Gasteiger partial charge in [-0.25, -0.2) is 8.42 Å². The van der Waals surface area contributed by atoms with E-state index in [0.29, 0.717) is 36.2 Å². The summed E-state index contributed by atoms with van der Waals surface area (Å²) >= 11 is 12.0. The molecule has 1 aliphatic heterocycles. The minimum atomic E-state index is -3.97. The number of carbonyl (C=O) groups is 1. The number of rotatable bonds is 9. The normalized spacial score (nSPS) is 14.5. The van der Waals surface area contributed by atoms with Crippen LogP contribution >= 0.6 is 23.2 Å². The molecule has 212 valence electrons. The minimum absolute atomic E-state index is 0.0396. The van der Waals surface area contributed by atoms with Crippen LogP contribution in [0, 0.1) is 0 Å². The van der Waals surface area contributed by atoms with E-state index in [9.17, 15) is 13.2 Å². The van der Waals surface area contributed by atoms with Crippen LogP contribution in [-0.4, -0.2) is 61.2 Å². The van der Waals surface area contributed by atoms with Gasteiger partial charge >= 0.3 is 0 Å². The van der Waals surface area contributed by atoms with E-state index in [2.05, 4.69) is 29.2 Å². The second-order valence-electron chi connectivity index (χ2n) is 9.99. The molecule has 1 aliphatic rings. The maximum atomic E-state index is 13.7. The average molecular weight is 609 g/mol. The van der Waals surface area contributed by atoms with Crippen LogP contribution in [0.1, 0.15) is 22.7 Å². The molecule has 41 heavy (non-hydrogen) atoms. The molecule has 0 saturated carbocycles. The molecule has 1 fully saturated rings. The number of benzene rings is 4. The van der Waals surface area contributed by atoms with E-state index in [1.165, 1.54) is 39.7 Å². The van der Waals surface area contributed by atoms with Crippen LogP contribution in [-0.2, 0) is 21.4 Å². The number of nitrogens with zero attached hydrogens (tertiary/aromatic N) is 3. The molecular formula is C32H31Cl2N3O3S. The zero-order chi connectivity index (χ0) is 28.8. The summed E-state index contributed by atoms with van der Waals surface area (Å²) in [6, 6.07) is 33.7. The Bertz CT molecular complexity index is 1500. The largest absolute Gasteiger partial charge is 0.339 e. The molecule has 4 aromatic carbocycles. The third kappa shape index (κ3) is 7.18. The van der Waals surface area contributed by atoms with Crippen LogP contribution in [0.5, 0.6) is 0 Å². The molecule has 1 saturated heterocycles. The third-order valence-electron chi connectivity index (χ3n) is 7.30. The highest BCUT2D eigenvalue weighted by Gasteiger charge is 2.32. The molecule has 0 aromatic heterocycles. The Morgan fingerprint density at radius 2 is 1.20 bits per heavy atom. The van der Waals surface area contributed by atoms with Gasteiger partial charge in [0, 0.05) is 42.8 Å². The lowest BCUT2D eigenvalue weighted by Gasteiger charge is -2.40. The van der Waals surface area contributed by atoms with Crippen molar-refractivity contribution in [3.05, 3.63) is 136 Å². The first-order valence-corrected chi connectivity index (χ1v) is 15.6. The first-order chi connectivity index (χ1) is 19.8. The van der Waals surface area contributed by atoms with Crippen LogP contribution in [0.4, 0.5) is 0 Å². The first-order valence-electron chi connectivity index (χ1n) is 13.4. The predicted molar refractivity (Wildman–Crippen MR) is 163 cm³/mol. The number of hydrogen-bond acceptors (Lipinski definition) is 4. The van der Waals surface area contributed by atoms with Crippen molar-refractivity contribution in [1.29, 1.82) is 0 Å². The lowest BCUT2D eigenvalue weighted by molar-refractivity contribution is -0.133. The highest BCUT2D eigenvalue weighted by Crippen LogP contribution is 2.30. The maximum Gasteiger partial charge on any atom is 0.243 e. The quantitative estimate of drug-likeness (QED) is 0.230. The van der Waals surface area contributed by atoms with E-state index in [-0.39, 0.29) is 29.9 Å². The molecule has 1 heterocycles. The van der Waals surface area contributed by atoms with Crippen molar-refractivity contribution in [2.45, 2.75) is 17.5 Å². The van der Waals surface area contributed by atoms with E-state index < -0.39 is 10.0 Å². The summed E-state index contributed by atoms with van der Waals surface area (Å²) in [7, 11) is -3.97. The van der Waals surface area contributed by atoms with Crippen molar-refractivity contribution in [1.82, 2.24) is 14.1 Å². The first kappa shape index (κ1) is 29.3. The number of sulfonamides is 1. The highest BCUT2D eigenvalue weighted by atomic mass is 35.5.